The number of methoxy groups -OCH3 is 2. The smallest absolute Gasteiger partial charge is 0.164 e. The molecule has 0 N–H and O–H groups in total. The van der Waals surface area contributed by atoms with E-state index in [0.717, 1.165) is 23.5 Å². The van der Waals surface area contributed by atoms with Gasteiger partial charge in [-0.15, -0.1) is 0 Å². The second kappa shape index (κ2) is 7.39. The Morgan fingerprint density at radius 2 is 1.87 bits per heavy atom. The summed E-state index contributed by atoms with van der Waals surface area (Å²) in [5, 5.41) is 0. The summed E-state index contributed by atoms with van der Waals surface area (Å²) < 4.78 is 10.6. The molecular formula is C20H29NO2. The van der Waals surface area contributed by atoms with Crippen LogP contribution in [0, 0.1) is 5.92 Å². The van der Waals surface area contributed by atoms with Crippen LogP contribution < -0.4 is 9.47 Å². The molecule has 2 aliphatic carbocycles. The van der Waals surface area contributed by atoms with Crippen molar-refractivity contribution in [2.75, 3.05) is 27.8 Å². The van der Waals surface area contributed by atoms with Gasteiger partial charge in [0, 0.05) is 11.6 Å². The summed E-state index contributed by atoms with van der Waals surface area (Å²) in [6, 6.07) is 6.96. The number of allylic oxidation sites excluding steroid dienone is 1. The standard InChI is InChI=1S/C11H14O2.C9H15N/c1-12-10-5-3-4-9(8-6-7-8)11(10)13-2;1-10-7-6-8-4-2-3-5-9(8)10/h3-5,8H,6-7H2,1-2H3;2,4,8-9H,3,5-7H2,1H3. The second-order valence-electron chi connectivity index (χ2n) is 6.86. The minimum Gasteiger partial charge on any atom is -0.493 e. The van der Waals surface area contributed by atoms with E-state index in [9.17, 15) is 0 Å². The van der Waals surface area contributed by atoms with Crippen molar-refractivity contribution in [1.82, 2.24) is 4.90 Å². The number of nitrogens with zero attached hydrogens (tertiary/aromatic N) is 1. The molecule has 0 bridgehead atoms. The van der Waals surface area contributed by atoms with Gasteiger partial charge in [0.2, 0.25) is 0 Å². The van der Waals surface area contributed by atoms with Crippen molar-refractivity contribution in [2.24, 2.45) is 5.92 Å². The maximum atomic E-state index is 5.34. The molecule has 1 saturated carbocycles. The molecule has 1 saturated heterocycles. The van der Waals surface area contributed by atoms with Crippen LogP contribution in [0.15, 0.2) is 30.4 Å². The Bertz CT molecular complexity index is 551. The van der Waals surface area contributed by atoms with Crippen LogP contribution in [-0.2, 0) is 0 Å². The molecule has 0 radical (unpaired) electrons. The summed E-state index contributed by atoms with van der Waals surface area (Å²) in [6.45, 7) is 1.31. The van der Waals surface area contributed by atoms with Crippen molar-refractivity contribution >= 4 is 0 Å². The molecule has 1 aliphatic heterocycles. The van der Waals surface area contributed by atoms with Crippen LogP contribution in [0.5, 0.6) is 11.5 Å². The second-order valence-corrected chi connectivity index (χ2v) is 6.86. The number of benzene rings is 1. The van der Waals surface area contributed by atoms with Gasteiger partial charge in [0.25, 0.3) is 0 Å². The Kier molecular flexibility index (Phi) is 5.27. The lowest BCUT2D eigenvalue weighted by molar-refractivity contribution is 0.270. The Labute approximate surface area is 140 Å². The number of fused-ring (bicyclic) bond motifs is 1. The highest BCUT2D eigenvalue weighted by atomic mass is 16.5. The Morgan fingerprint density at radius 3 is 2.52 bits per heavy atom. The van der Waals surface area contributed by atoms with E-state index in [-0.39, 0.29) is 0 Å². The average Bonchev–Trinajstić information content (AvgIpc) is 3.38. The Hall–Kier alpha value is -1.48. The van der Waals surface area contributed by atoms with Gasteiger partial charge in [-0.1, -0.05) is 24.3 Å². The van der Waals surface area contributed by atoms with Crippen LogP contribution in [0.4, 0.5) is 0 Å². The zero-order valence-corrected chi connectivity index (χ0v) is 14.6. The highest BCUT2D eigenvalue weighted by Crippen LogP contribution is 2.47. The third-order valence-electron chi connectivity index (χ3n) is 5.34. The zero-order valence-electron chi connectivity index (χ0n) is 14.6. The van der Waals surface area contributed by atoms with Crippen molar-refractivity contribution in [3.05, 3.63) is 35.9 Å². The predicted molar refractivity (Wildman–Crippen MR) is 94.4 cm³/mol. The summed E-state index contributed by atoms with van der Waals surface area (Å²) in [4.78, 5) is 2.51. The van der Waals surface area contributed by atoms with Gasteiger partial charge < -0.3 is 14.4 Å². The van der Waals surface area contributed by atoms with E-state index in [1.807, 2.05) is 12.1 Å². The molecule has 2 fully saturated rings. The number of ether oxygens (including phenoxy) is 2. The number of hydrogen-bond acceptors (Lipinski definition) is 3. The van der Waals surface area contributed by atoms with Gasteiger partial charge in [-0.3, -0.25) is 0 Å². The molecule has 126 valence electrons. The van der Waals surface area contributed by atoms with E-state index in [1.54, 1.807) is 14.2 Å². The van der Waals surface area contributed by atoms with Gasteiger partial charge in [0.15, 0.2) is 11.5 Å². The van der Waals surface area contributed by atoms with Crippen LogP contribution in [0.1, 0.15) is 43.6 Å². The van der Waals surface area contributed by atoms with Gasteiger partial charge >= 0.3 is 0 Å². The quantitative estimate of drug-likeness (QED) is 0.779. The molecule has 23 heavy (non-hydrogen) atoms. The summed E-state index contributed by atoms with van der Waals surface area (Å²) in [7, 11) is 5.63. The lowest BCUT2D eigenvalue weighted by Crippen LogP contribution is -2.29. The molecule has 0 amide bonds. The highest BCUT2D eigenvalue weighted by molar-refractivity contribution is 5.49. The topological polar surface area (TPSA) is 21.7 Å². The maximum Gasteiger partial charge on any atom is 0.164 e. The fourth-order valence-electron chi connectivity index (χ4n) is 3.86. The molecule has 1 aromatic carbocycles. The first kappa shape index (κ1) is 16.4. The fraction of sp³-hybridized carbons (Fsp3) is 0.600. The average molecular weight is 315 g/mol. The molecule has 3 heteroatoms. The third-order valence-corrected chi connectivity index (χ3v) is 5.34. The largest absolute Gasteiger partial charge is 0.493 e. The summed E-state index contributed by atoms with van der Waals surface area (Å²) in [5.74, 6) is 3.34. The van der Waals surface area contributed by atoms with Gasteiger partial charge in [-0.2, -0.15) is 0 Å². The lowest BCUT2D eigenvalue weighted by Gasteiger charge is -2.25. The Morgan fingerprint density at radius 1 is 1.04 bits per heavy atom. The van der Waals surface area contributed by atoms with E-state index in [2.05, 4.69) is 30.2 Å². The van der Waals surface area contributed by atoms with Crippen molar-refractivity contribution in [1.29, 1.82) is 0 Å². The molecule has 2 atom stereocenters. The number of hydrogen-bond donors (Lipinski definition) is 0. The zero-order chi connectivity index (χ0) is 16.2. The molecular weight excluding hydrogens is 286 g/mol. The molecule has 1 heterocycles. The van der Waals surface area contributed by atoms with E-state index in [1.165, 1.54) is 44.2 Å². The molecule has 3 nitrogen and oxygen atoms in total. The monoisotopic (exact) mass is 315 g/mol. The van der Waals surface area contributed by atoms with Crippen LogP contribution in [-0.4, -0.2) is 38.8 Å². The lowest BCUT2D eigenvalue weighted by atomic mass is 9.91. The minimum absolute atomic E-state index is 0.699. The fourth-order valence-corrected chi connectivity index (χ4v) is 3.86. The van der Waals surface area contributed by atoms with Crippen LogP contribution in [0.25, 0.3) is 0 Å². The Balaban J connectivity index is 0.000000140. The molecule has 1 aromatic rings. The first-order valence-electron chi connectivity index (χ1n) is 8.82. The SMILES string of the molecule is CN1CCC2C=CCCC21.COc1cccc(C2CC2)c1OC. The van der Waals surface area contributed by atoms with Gasteiger partial charge in [0.1, 0.15) is 0 Å². The summed E-state index contributed by atoms with van der Waals surface area (Å²) >= 11 is 0. The van der Waals surface area contributed by atoms with Gasteiger partial charge in [0.05, 0.1) is 14.2 Å². The van der Waals surface area contributed by atoms with Gasteiger partial charge in [-0.05, 0) is 63.6 Å². The normalized spacial score (nSPS) is 26.2. The molecule has 4 rings (SSSR count). The van der Waals surface area contributed by atoms with Crippen LogP contribution in [0.2, 0.25) is 0 Å². The van der Waals surface area contributed by atoms with E-state index in [0.29, 0.717) is 5.92 Å². The van der Waals surface area contributed by atoms with Gasteiger partial charge in [-0.25, -0.2) is 0 Å². The maximum absolute atomic E-state index is 5.34. The van der Waals surface area contributed by atoms with E-state index >= 15 is 0 Å². The molecule has 2 unspecified atom stereocenters. The first-order chi connectivity index (χ1) is 11.2. The van der Waals surface area contributed by atoms with Crippen molar-refractivity contribution in [3.8, 4) is 11.5 Å². The predicted octanol–water partition coefficient (Wildman–Crippen LogP) is 4.24. The minimum atomic E-state index is 0.699. The summed E-state index contributed by atoms with van der Waals surface area (Å²) in [5.41, 5.74) is 1.29. The van der Waals surface area contributed by atoms with Crippen molar-refractivity contribution in [2.45, 2.75) is 44.1 Å². The number of para-hydroxylation sites is 1. The summed E-state index contributed by atoms with van der Waals surface area (Å²) in [6.07, 6.45) is 11.4. The van der Waals surface area contributed by atoms with E-state index < -0.39 is 0 Å². The van der Waals surface area contributed by atoms with Crippen molar-refractivity contribution < 1.29 is 9.47 Å². The third kappa shape index (κ3) is 3.72. The first-order valence-corrected chi connectivity index (χ1v) is 8.82. The highest BCUT2D eigenvalue weighted by Gasteiger charge is 2.30. The molecule has 0 aromatic heterocycles. The molecule has 0 spiro atoms. The number of rotatable bonds is 3. The van der Waals surface area contributed by atoms with Crippen molar-refractivity contribution in [3.63, 3.8) is 0 Å². The van der Waals surface area contributed by atoms with Crippen LogP contribution >= 0.6 is 0 Å². The van der Waals surface area contributed by atoms with Crippen LogP contribution in [0.3, 0.4) is 0 Å². The molecule has 3 aliphatic rings. The number of likely N-dealkylation sites (tertiary alicyclic amines) is 1. The van der Waals surface area contributed by atoms with E-state index in [4.69, 9.17) is 9.47 Å².